The molecule has 3 aromatic rings. The maximum absolute atomic E-state index is 5.42. The lowest BCUT2D eigenvalue weighted by atomic mass is 10.1. The zero-order valence-electron chi connectivity index (χ0n) is 11.9. The molecule has 0 spiro atoms. The zero-order valence-corrected chi connectivity index (χ0v) is 11.9. The molecule has 0 fully saturated rings. The average molecular weight is 272 g/mol. The van der Waals surface area contributed by atoms with E-state index in [9.17, 15) is 0 Å². The number of pyridine rings is 1. The van der Waals surface area contributed by atoms with Crippen LogP contribution in [0.4, 0.5) is 5.69 Å². The fraction of sp³-hybridized carbons (Fsp3) is 0.105. The third kappa shape index (κ3) is 3.04. The Hall–Kier alpha value is -2.79. The van der Waals surface area contributed by atoms with Crippen molar-refractivity contribution in [2.75, 3.05) is 5.32 Å². The van der Waals surface area contributed by atoms with Crippen molar-refractivity contribution in [3.05, 3.63) is 71.4 Å². The first-order chi connectivity index (χ1) is 10.2. The van der Waals surface area contributed by atoms with E-state index in [-0.39, 0.29) is 0 Å². The number of hydrogen-bond acceptors (Lipinski definition) is 2. The molecule has 0 bridgehead atoms. The number of benzene rings is 2. The predicted octanol–water partition coefficient (Wildman–Crippen LogP) is 4.14. The van der Waals surface area contributed by atoms with Gasteiger partial charge in [-0.2, -0.15) is 0 Å². The summed E-state index contributed by atoms with van der Waals surface area (Å²) in [6.07, 6.45) is 5.42. The quantitative estimate of drug-likeness (QED) is 0.725. The molecule has 0 radical (unpaired) electrons. The Morgan fingerprint density at radius 2 is 2.00 bits per heavy atom. The van der Waals surface area contributed by atoms with Gasteiger partial charge in [0, 0.05) is 28.9 Å². The Labute approximate surface area is 124 Å². The van der Waals surface area contributed by atoms with Gasteiger partial charge in [0.15, 0.2) is 0 Å². The molecule has 2 heteroatoms. The van der Waals surface area contributed by atoms with Gasteiger partial charge in [0.25, 0.3) is 0 Å². The second-order valence-electron chi connectivity index (χ2n) is 5.06. The van der Waals surface area contributed by atoms with Crippen LogP contribution in [0.25, 0.3) is 10.9 Å². The van der Waals surface area contributed by atoms with E-state index in [0.717, 1.165) is 34.4 Å². The molecule has 0 amide bonds. The molecule has 0 saturated carbocycles. The highest BCUT2D eigenvalue weighted by molar-refractivity contribution is 5.79. The maximum atomic E-state index is 5.42. The van der Waals surface area contributed by atoms with Crippen LogP contribution >= 0.6 is 0 Å². The summed E-state index contributed by atoms with van der Waals surface area (Å²) >= 11 is 0. The van der Waals surface area contributed by atoms with E-state index in [1.165, 1.54) is 5.56 Å². The molecule has 0 aliphatic carbocycles. The Morgan fingerprint density at radius 3 is 2.86 bits per heavy atom. The van der Waals surface area contributed by atoms with Crippen molar-refractivity contribution in [2.45, 2.75) is 13.5 Å². The standard InChI is InChI=1S/C19H16N2/c1-3-15-5-4-6-18(12-15)20-13-16-8-10-19-17(11-16)9-7-14(2)21-19/h1,4-12,20H,13H2,2H3. The molecule has 3 rings (SSSR count). The van der Waals surface area contributed by atoms with Crippen LogP contribution in [0.2, 0.25) is 0 Å². The van der Waals surface area contributed by atoms with E-state index < -0.39 is 0 Å². The van der Waals surface area contributed by atoms with Crippen LogP contribution in [0, 0.1) is 19.3 Å². The zero-order chi connectivity index (χ0) is 14.7. The van der Waals surface area contributed by atoms with Gasteiger partial charge in [0.2, 0.25) is 0 Å². The third-order valence-electron chi connectivity index (χ3n) is 3.42. The molecule has 1 N–H and O–H groups in total. The number of rotatable bonds is 3. The van der Waals surface area contributed by atoms with Gasteiger partial charge in [-0.15, -0.1) is 6.42 Å². The minimum atomic E-state index is 0.762. The third-order valence-corrected chi connectivity index (χ3v) is 3.42. The average Bonchev–Trinajstić information content (AvgIpc) is 2.53. The van der Waals surface area contributed by atoms with E-state index in [2.05, 4.69) is 40.5 Å². The van der Waals surface area contributed by atoms with Gasteiger partial charge >= 0.3 is 0 Å². The number of anilines is 1. The summed E-state index contributed by atoms with van der Waals surface area (Å²) < 4.78 is 0. The van der Waals surface area contributed by atoms with Crippen molar-refractivity contribution in [1.82, 2.24) is 4.98 Å². The van der Waals surface area contributed by atoms with Crippen molar-refractivity contribution in [2.24, 2.45) is 0 Å². The summed E-state index contributed by atoms with van der Waals surface area (Å²) in [5.41, 5.74) is 5.22. The first kappa shape index (κ1) is 13.2. The fourth-order valence-corrected chi connectivity index (χ4v) is 2.31. The summed E-state index contributed by atoms with van der Waals surface area (Å²) in [6, 6.07) is 18.4. The molecule has 21 heavy (non-hydrogen) atoms. The normalized spacial score (nSPS) is 10.3. The number of hydrogen-bond donors (Lipinski definition) is 1. The molecular formula is C19H16N2. The highest BCUT2D eigenvalue weighted by Crippen LogP contribution is 2.16. The van der Waals surface area contributed by atoms with Gasteiger partial charge < -0.3 is 5.32 Å². The van der Waals surface area contributed by atoms with Gasteiger partial charge in [-0.25, -0.2) is 0 Å². The molecular weight excluding hydrogens is 256 g/mol. The fourth-order valence-electron chi connectivity index (χ4n) is 2.31. The lowest BCUT2D eigenvalue weighted by molar-refractivity contribution is 1.15. The molecule has 2 nitrogen and oxygen atoms in total. The van der Waals surface area contributed by atoms with Crippen LogP contribution in [0.3, 0.4) is 0 Å². The number of aromatic nitrogens is 1. The second-order valence-corrected chi connectivity index (χ2v) is 5.06. The van der Waals surface area contributed by atoms with Crippen molar-refractivity contribution in [1.29, 1.82) is 0 Å². The van der Waals surface area contributed by atoms with Gasteiger partial charge in [-0.1, -0.05) is 24.1 Å². The first-order valence-electron chi connectivity index (χ1n) is 6.91. The number of nitrogens with zero attached hydrogens (tertiary/aromatic N) is 1. The molecule has 1 heterocycles. The minimum Gasteiger partial charge on any atom is -0.381 e. The largest absolute Gasteiger partial charge is 0.381 e. The molecule has 0 unspecified atom stereocenters. The highest BCUT2D eigenvalue weighted by atomic mass is 14.9. The highest BCUT2D eigenvalue weighted by Gasteiger charge is 1.99. The topological polar surface area (TPSA) is 24.9 Å². The van der Waals surface area contributed by atoms with Crippen LogP contribution in [-0.2, 0) is 6.54 Å². The van der Waals surface area contributed by atoms with Crippen molar-refractivity contribution < 1.29 is 0 Å². The lowest BCUT2D eigenvalue weighted by Gasteiger charge is -2.08. The number of terminal acetylenes is 1. The Morgan fingerprint density at radius 1 is 1.10 bits per heavy atom. The number of fused-ring (bicyclic) bond motifs is 1. The van der Waals surface area contributed by atoms with Crippen LogP contribution < -0.4 is 5.32 Å². The van der Waals surface area contributed by atoms with E-state index in [1.807, 2.05) is 37.3 Å². The van der Waals surface area contributed by atoms with Crippen LogP contribution in [0.1, 0.15) is 16.8 Å². The Bertz CT molecular complexity index is 828. The Balaban J connectivity index is 1.78. The maximum Gasteiger partial charge on any atom is 0.0705 e. The van der Waals surface area contributed by atoms with E-state index in [1.54, 1.807) is 0 Å². The monoisotopic (exact) mass is 272 g/mol. The van der Waals surface area contributed by atoms with Crippen molar-refractivity contribution in [3.8, 4) is 12.3 Å². The molecule has 2 aromatic carbocycles. The van der Waals surface area contributed by atoms with Crippen LogP contribution in [0.5, 0.6) is 0 Å². The molecule has 0 atom stereocenters. The SMILES string of the molecule is C#Cc1cccc(NCc2ccc3nc(C)ccc3c2)c1. The number of nitrogens with one attached hydrogen (secondary N) is 1. The first-order valence-corrected chi connectivity index (χ1v) is 6.91. The Kier molecular flexibility index (Phi) is 3.57. The lowest BCUT2D eigenvalue weighted by Crippen LogP contribution is -1.99. The van der Waals surface area contributed by atoms with E-state index in [4.69, 9.17) is 6.42 Å². The second kappa shape index (κ2) is 5.68. The number of aryl methyl sites for hydroxylation is 1. The molecule has 1 aromatic heterocycles. The van der Waals surface area contributed by atoms with E-state index >= 15 is 0 Å². The summed E-state index contributed by atoms with van der Waals surface area (Å²) in [5.74, 6) is 2.65. The summed E-state index contributed by atoms with van der Waals surface area (Å²) in [7, 11) is 0. The van der Waals surface area contributed by atoms with Gasteiger partial charge in [0.1, 0.15) is 0 Å². The van der Waals surface area contributed by atoms with Gasteiger partial charge in [-0.05, 0) is 48.9 Å². The van der Waals surface area contributed by atoms with Crippen molar-refractivity contribution >= 4 is 16.6 Å². The summed E-state index contributed by atoms with van der Waals surface area (Å²) in [5, 5.41) is 4.56. The summed E-state index contributed by atoms with van der Waals surface area (Å²) in [4.78, 5) is 4.52. The smallest absolute Gasteiger partial charge is 0.0705 e. The van der Waals surface area contributed by atoms with Crippen molar-refractivity contribution in [3.63, 3.8) is 0 Å². The molecule has 0 aliphatic rings. The molecule has 102 valence electrons. The summed E-state index contributed by atoms with van der Waals surface area (Å²) in [6.45, 7) is 2.77. The predicted molar refractivity (Wildman–Crippen MR) is 88.2 cm³/mol. The van der Waals surface area contributed by atoms with E-state index in [0.29, 0.717) is 0 Å². The minimum absolute atomic E-state index is 0.762. The molecule has 0 aliphatic heterocycles. The van der Waals surface area contributed by atoms with Crippen LogP contribution in [0.15, 0.2) is 54.6 Å². The van der Waals surface area contributed by atoms with Gasteiger partial charge in [-0.3, -0.25) is 4.98 Å². The van der Waals surface area contributed by atoms with Gasteiger partial charge in [0.05, 0.1) is 5.52 Å². The van der Waals surface area contributed by atoms with Crippen LogP contribution in [-0.4, -0.2) is 4.98 Å². The molecule has 0 saturated heterocycles.